The summed E-state index contributed by atoms with van der Waals surface area (Å²) >= 11 is 0. The smallest absolute Gasteiger partial charge is 0.225 e. The number of amides is 2. The van der Waals surface area contributed by atoms with Crippen molar-refractivity contribution in [3.63, 3.8) is 0 Å². The normalized spacial score (nSPS) is 23.5. The van der Waals surface area contributed by atoms with E-state index in [4.69, 9.17) is 4.74 Å². The third-order valence-electron chi connectivity index (χ3n) is 5.61. The summed E-state index contributed by atoms with van der Waals surface area (Å²) in [6.45, 7) is 2.01. The molecule has 2 fully saturated rings. The van der Waals surface area contributed by atoms with Gasteiger partial charge in [0.2, 0.25) is 11.8 Å². The Morgan fingerprint density at radius 1 is 1.04 bits per heavy atom. The number of nitrogens with zero attached hydrogens (tertiary/aromatic N) is 1. The second kappa shape index (κ2) is 7.06. The first kappa shape index (κ1) is 16.4. The molecule has 1 aliphatic carbocycles. The maximum Gasteiger partial charge on any atom is 0.225 e. The van der Waals surface area contributed by atoms with Gasteiger partial charge < -0.3 is 15.0 Å². The van der Waals surface area contributed by atoms with Gasteiger partial charge >= 0.3 is 0 Å². The van der Waals surface area contributed by atoms with Gasteiger partial charge in [-0.3, -0.25) is 9.59 Å². The van der Waals surface area contributed by atoms with Crippen LogP contribution in [0.5, 0.6) is 5.75 Å². The van der Waals surface area contributed by atoms with Crippen LogP contribution in [0.2, 0.25) is 0 Å². The Morgan fingerprint density at radius 3 is 2.56 bits per heavy atom. The van der Waals surface area contributed by atoms with E-state index in [1.54, 1.807) is 0 Å². The highest BCUT2D eigenvalue weighted by molar-refractivity contribution is 5.82. The second-order valence-corrected chi connectivity index (χ2v) is 7.51. The number of likely N-dealkylation sites (tertiary alicyclic amines) is 1. The molecule has 1 aromatic carbocycles. The number of nitrogens with one attached hydrogen (secondary N) is 1. The molecular formula is C20H26N2O3. The first-order valence-corrected chi connectivity index (χ1v) is 9.52. The molecule has 2 heterocycles. The van der Waals surface area contributed by atoms with Crippen molar-refractivity contribution in [3.8, 4) is 5.75 Å². The molecule has 0 unspecified atom stereocenters. The van der Waals surface area contributed by atoms with Crippen LogP contribution in [-0.4, -0.2) is 42.5 Å². The number of aryl methyl sites for hydroxylation is 1. The van der Waals surface area contributed by atoms with Crippen molar-refractivity contribution in [2.24, 2.45) is 11.8 Å². The topological polar surface area (TPSA) is 58.6 Å². The molecule has 1 aromatic rings. The minimum Gasteiger partial charge on any atom is -0.488 e. The van der Waals surface area contributed by atoms with Gasteiger partial charge in [0.25, 0.3) is 0 Å². The van der Waals surface area contributed by atoms with E-state index in [1.807, 2.05) is 23.1 Å². The fourth-order valence-corrected chi connectivity index (χ4v) is 3.83. The summed E-state index contributed by atoms with van der Waals surface area (Å²) in [5, 5.41) is 3.06. The summed E-state index contributed by atoms with van der Waals surface area (Å²) in [5.74, 6) is 1.66. The number of carbonyl (C=O) groups excluding carboxylic acids is 2. The zero-order valence-electron chi connectivity index (χ0n) is 14.6. The first-order valence-electron chi connectivity index (χ1n) is 9.52. The molecule has 5 heteroatoms. The van der Waals surface area contributed by atoms with Crippen LogP contribution in [-0.2, 0) is 16.0 Å². The fourth-order valence-electron chi connectivity index (χ4n) is 3.83. The average Bonchev–Trinajstić information content (AvgIpc) is 3.51. The third-order valence-corrected chi connectivity index (χ3v) is 5.61. The lowest BCUT2D eigenvalue weighted by molar-refractivity contribution is -0.136. The van der Waals surface area contributed by atoms with Crippen molar-refractivity contribution in [2.75, 3.05) is 19.6 Å². The van der Waals surface area contributed by atoms with Gasteiger partial charge in [-0.15, -0.1) is 0 Å². The van der Waals surface area contributed by atoms with E-state index >= 15 is 0 Å². The molecule has 2 amide bonds. The van der Waals surface area contributed by atoms with Gasteiger partial charge in [-0.25, -0.2) is 0 Å². The molecule has 0 radical (unpaired) electrons. The van der Waals surface area contributed by atoms with Crippen molar-refractivity contribution in [2.45, 2.75) is 44.6 Å². The summed E-state index contributed by atoms with van der Waals surface area (Å²) in [6.07, 6.45) is 5.63. The summed E-state index contributed by atoms with van der Waals surface area (Å²) in [5.41, 5.74) is 1.25. The highest BCUT2D eigenvalue weighted by atomic mass is 16.5. The van der Waals surface area contributed by atoms with E-state index in [1.165, 1.54) is 5.56 Å². The Balaban J connectivity index is 1.21. The second-order valence-electron chi connectivity index (χ2n) is 7.51. The van der Waals surface area contributed by atoms with Crippen LogP contribution in [0.15, 0.2) is 24.3 Å². The summed E-state index contributed by atoms with van der Waals surface area (Å²) in [7, 11) is 0. The lowest BCUT2D eigenvalue weighted by Crippen LogP contribution is -2.45. The molecule has 2 aliphatic heterocycles. The van der Waals surface area contributed by atoms with Crippen molar-refractivity contribution < 1.29 is 14.3 Å². The van der Waals surface area contributed by atoms with Crippen LogP contribution < -0.4 is 10.1 Å². The number of benzene rings is 1. The fraction of sp³-hybridized carbons (Fsp3) is 0.600. The van der Waals surface area contributed by atoms with Crippen LogP contribution in [0.4, 0.5) is 0 Å². The van der Waals surface area contributed by atoms with Gasteiger partial charge in [0.05, 0.1) is 6.54 Å². The maximum atomic E-state index is 12.4. The van der Waals surface area contributed by atoms with Gasteiger partial charge in [-0.1, -0.05) is 18.2 Å². The van der Waals surface area contributed by atoms with Gasteiger partial charge in [-0.05, 0) is 50.2 Å². The van der Waals surface area contributed by atoms with Gasteiger partial charge in [0.15, 0.2) is 0 Å². The quantitative estimate of drug-likeness (QED) is 0.912. The number of hydrogen-bond acceptors (Lipinski definition) is 3. The molecule has 0 bridgehead atoms. The van der Waals surface area contributed by atoms with E-state index < -0.39 is 0 Å². The molecule has 134 valence electrons. The third kappa shape index (κ3) is 3.80. The first-order chi connectivity index (χ1) is 12.2. The van der Waals surface area contributed by atoms with E-state index in [-0.39, 0.29) is 23.8 Å². The van der Waals surface area contributed by atoms with Crippen LogP contribution in [0.25, 0.3) is 0 Å². The Hall–Kier alpha value is -2.04. The number of rotatable bonds is 4. The summed E-state index contributed by atoms with van der Waals surface area (Å²) < 4.78 is 5.98. The van der Waals surface area contributed by atoms with E-state index in [0.29, 0.717) is 12.5 Å². The van der Waals surface area contributed by atoms with E-state index in [0.717, 1.165) is 57.4 Å². The molecule has 1 atom stereocenters. The molecular weight excluding hydrogens is 316 g/mol. The lowest BCUT2D eigenvalue weighted by atomic mass is 9.95. The van der Waals surface area contributed by atoms with Crippen LogP contribution >= 0.6 is 0 Å². The molecule has 0 spiro atoms. The molecule has 0 aromatic heterocycles. The highest BCUT2D eigenvalue weighted by Crippen LogP contribution is 2.32. The van der Waals surface area contributed by atoms with Crippen molar-refractivity contribution in [1.82, 2.24) is 10.2 Å². The SMILES string of the molecule is O=C(NC[C@H]1CCc2ccccc2O1)C1CCN(C(=O)C2CC2)CC1. The Morgan fingerprint density at radius 2 is 1.80 bits per heavy atom. The Kier molecular flexibility index (Phi) is 4.64. The Bertz CT molecular complexity index is 648. The number of carbonyl (C=O) groups is 2. The lowest BCUT2D eigenvalue weighted by Gasteiger charge is -2.32. The molecule has 25 heavy (non-hydrogen) atoms. The van der Waals surface area contributed by atoms with Gasteiger partial charge in [0, 0.05) is 24.9 Å². The maximum absolute atomic E-state index is 12.4. The molecule has 1 N–H and O–H groups in total. The van der Waals surface area contributed by atoms with Crippen molar-refractivity contribution >= 4 is 11.8 Å². The van der Waals surface area contributed by atoms with E-state index in [2.05, 4.69) is 11.4 Å². The molecule has 3 aliphatic rings. The highest BCUT2D eigenvalue weighted by Gasteiger charge is 2.36. The Labute approximate surface area is 148 Å². The molecule has 4 rings (SSSR count). The predicted octanol–water partition coefficient (Wildman–Crippen LogP) is 2.14. The average molecular weight is 342 g/mol. The van der Waals surface area contributed by atoms with E-state index in [9.17, 15) is 9.59 Å². The molecule has 1 saturated heterocycles. The molecule has 5 nitrogen and oxygen atoms in total. The number of para-hydroxylation sites is 1. The number of piperidine rings is 1. The minimum atomic E-state index is 0.0270. The van der Waals surface area contributed by atoms with Crippen LogP contribution in [0.3, 0.4) is 0 Å². The van der Waals surface area contributed by atoms with Gasteiger partial charge in [-0.2, -0.15) is 0 Å². The number of hydrogen-bond donors (Lipinski definition) is 1. The predicted molar refractivity (Wildman–Crippen MR) is 94.2 cm³/mol. The zero-order valence-corrected chi connectivity index (χ0v) is 14.6. The summed E-state index contributed by atoms with van der Waals surface area (Å²) in [4.78, 5) is 26.5. The molecule has 1 saturated carbocycles. The van der Waals surface area contributed by atoms with Crippen molar-refractivity contribution in [1.29, 1.82) is 0 Å². The minimum absolute atomic E-state index is 0.0270. The number of fused-ring (bicyclic) bond motifs is 1. The largest absolute Gasteiger partial charge is 0.488 e. The zero-order chi connectivity index (χ0) is 17.2. The van der Waals surface area contributed by atoms with Gasteiger partial charge in [0.1, 0.15) is 11.9 Å². The summed E-state index contributed by atoms with van der Waals surface area (Å²) in [6, 6.07) is 8.11. The number of ether oxygens (including phenoxy) is 1. The standard InChI is InChI=1S/C20H26N2O3/c23-19(15-9-11-22(12-10-15)20(24)16-5-6-16)21-13-17-8-7-14-3-1-2-4-18(14)25-17/h1-4,15-17H,5-13H2,(H,21,23)/t17-/m1/s1. The van der Waals surface area contributed by atoms with Crippen LogP contribution in [0, 0.1) is 11.8 Å². The monoisotopic (exact) mass is 342 g/mol. The van der Waals surface area contributed by atoms with Crippen molar-refractivity contribution in [3.05, 3.63) is 29.8 Å². The van der Waals surface area contributed by atoms with Crippen LogP contribution in [0.1, 0.15) is 37.7 Å².